The number of hydrogen-bond donors (Lipinski definition) is 3. The maximum Gasteiger partial charge on any atom is 0.262 e. The number of rotatable bonds is 2. The Morgan fingerprint density at radius 3 is 2.63 bits per heavy atom. The first kappa shape index (κ1) is 13.6. The van der Waals surface area contributed by atoms with Crippen LogP contribution in [0.1, 0.15) is 19.7 Å². The second kappa shape index (κ2) is 4.68. The van der Waals surface area contributed by atoms with E-state index in [1.807, 2.05) is 0 Å². The summed E-state index contributed by atoms with van der Waals surface area (Å²) in [6, 6.07) is 6.63. The van der Waals surface area contributed by atoms with Gasteiger partial charge in [0.05, 0.1) is 5.54 Å². The van der Waals surface area contributed by atoms with Gasteiger partial charge in [-0.15, -0.1) is 0 Å². The fraction of sp³-hybridized carbons (Fsp3) is 0.231. The van der Waals surface area contributed by atoms with E-state index in [2.05, 4.69) is 9.97 Å². The quantitative estimate of drug-likeness (QED) is 0.784. The number of aromatic hydroxyl groups is 1. The topological polar surface area (TPSA) is 92.0 Å². The number of nitrogens with zero attached hydrogens (tertiary/aromatic N) is 1. The molecule has 1 aromatic carbocycles. The van der Waals surface area contributed by atoms with Gasteiger partial charge in [0.2, 0.25) is 5.88 Å². The van der Waals surface area contributed by atoms with Crippen LogP contribution in [-0.4, -0.2) is 15.1 Å². The lowest BCUT2D eigenvalue weighted by atomic mass is 10.1. The zero-order chi connectivity index (χ0) is 14.2. The average Bonchev–Trinajstić information content (AvgIpc) is 2.26. The molecule has 2 aromatic rings. The molecule has 5 nitrogen and oxygen atoms in total. The summed E-state index contributed by atoms with van der Waals surface area (Å²) in [5.74, 6) is -0.139. The molecule has 0 aliphatic carbocycles. The van der Waals surface area contributed by atoms with Crippen LogP contribution in [0.15, 0.2) is 29.1 Å². The van der Waals surface area contributed by atoms with Crippen LogP contribution < -0.4 is 11.3 Å². The van der Waals surface area contributed by atoms with Crippen LogP contribution in [0, 0.1) is 0 Å². The monoisotopic (exact) mass is 279 g/mol. The van der Waals surface area contributed by atoms with Gasteiger partial charge in [-0.05, 0) is 31.5 Å². The summed E-state index contributed by atoms with van der Waals surface area (Å²) in [4.78, 5) is 18.6. The van der Waals surface area contributed by atoms with Crippen molar-refractivity contribution in [2.45, 2.75) is 19.4 Å². The van der Waals surface area contributed by atoms with Crippen LogP contribution in [0.4, 0.5) is 0 Å². The van der Waals surface area contributed by atoms with E-state index in [4.69, 9.17) is 17.3 Å². The number of benzene rings is 1. The molecule has 0 saturated carbocycles. The highest BCUT2D eigenvalue weighted by molar-refractivity contribution is 6.30. The normalized spacial score (nSPS) is 11.6. The molecule has 1 heterocycles. The maximum absolute atomic E-state index is 12.1. The first-order valence-corrected chi connectivity index (χ1v) is 6.05. The summed E-state index contributed by atoms with van der Waals surface area (Å²) >= 11 is 5.87. The number of hydrogen-bond acceptors (Lipinski definition) is 4. The molecule has 0 spiro atoms. The van der Waals surface area contributed by atoms with Crippen molar-refractivity contribution in [3.63, 3.8) is 0 Å². The fourth-order valence-corrected chi connectivity index (χ4v) is 1.86. The Labute approximate surface area is 115 Å². The summed E-state index contributed by atoms with van der Waals surface area (Å²) in [6.45, 7) is 3.37. The fourth-order valence-electron chi connectivity index (χ4n) is 1.67. The van der Waals surface area contributed by atoms with Crippen LogP contribution >= 0.6 is 11.6 Å². The van der Waals surface area contributed by atoms with Gasteiger partial charge in [0.1, 0.15) is 11.4 Å². The Morgan fingerprint density at radius 1 is 1.42 bits per heavy atom. The molecule has 0 fully saturated rings. The van der Waals surface area contributed by atoms with E-state index in [1.165, 1.54) is 0 Å². The average molecular weight is 280 g/mol. The van der Waals surface area contributed by atoms with Gasteiger partial charge in [-0.2, -0.15) is 4.98 Å². The predicted octanol–water partition coefficient (Wildman–Crippen LogP) is 1.99. The number of aromatic nitrogens is 2. The summed E-state index contributed by atoms with van der Waals surface area (Å²) in [5.41, 5.74) is 5.12. The minimum atomic E-state index is -0.844. The van der Waals surface area contributed by atoms with Gasteiger partial charge in [-0.1, -0.05) is 23.7 Å². The predicted molar refractivity (Wildman–Crippen MR) is 74.2 cm³/mol. The molecule has 0 radical (unpaired) electrons. The molecule has 6 heteroatoms. The third-order valence-electron chi connectivity index (χ3n) is 2.62. The van der Waals surface area contributed by atoms with Crippen molar-refractivity contribution in [2.75, 3.05) is 0 Å². The van der Waals surface area contributed by atoms with Crippen molar-refractivity contribution in [2.24, 2.45) is 5.73 Å². The van der Waals surface area contributed by atoms with Crippen LogP contribution in [-0.2, 0) is 5.54 Å². The van der Waals surface area contributed by atoms with E-state index in [9.17, 15) is 9.90 Å². The summed E-state index contributed by atoms with van der Waals surface area (Å²) < 4.78 is 0. The Hall–Kier alpha value is -1.85. The van der Waals surface area contributed by atoms with Crippen molar-refractivity contribution in [3.8, 4) is 17.0 Å². The van der Waals surface area contributed by atoms with Crippen molar-refractivity contribution < 1.29 is 5.11 Å². The largest absolute Gasteiger partial charge is 0.493 e. The molecule has 0 saturated heterocycles. The van der Waals surface area contributed by atoms with E-state index >= 15 is 0 Å². The molecule has 0 aliphatic heterocycles. The zero-order valence-electron chi connectivity index (χ0n) is 10.6. The SMILES string of the molecule is CC(C)(N)c1nc(O)c(-c2cccc(Cl)c2)c(=O)[nH]1. The standard InChI is InChI=1S/C13H14ClN3O2/c1-13(2,15)12-16-10(18)9(11(19)17-12)7-4-3-5-8(14)6-7/h3-6H,15H2,1-2H3,(H2,16,17,18,19). The second-order valence-corrected chi connectivity index (χ2v) is 5.28. The maximum atomic E-state index is 12.1. The summed E-state index contributed by atoms with van der Waals surface area (Å²) in [5, 5.41) is 10.4. The van der Waals surface area contributed by atoms with Gasteiger partial charge in [-0.3, -0.25) is 4.79 Å². The molecule has 0 unspecified atom stereocenters. The Morgan fingerprint density at radius 2 is 2.11 bits per heavy atom. The van der Waals surface area contributed by atoms with Gasteiger partial charge in [0, 0.05) is 5.02 Å². The van der Waals surface area contributed by atoms with Crippen LogP contribution in [0.3, 0.4) is 0 Å². The smallest absolute Gasteiger partial charge is 0.262 e. The highest BCUT2D eigenvalue weighted by Crippen LogP contribution is 2.26. The van der Waals surface area contributed by atoms with E-state index in [-0.39, 0.29) is 17.3 Å². The molecule has 0 amide bonds. The second-order valence-electron chi connectivity index (χ2n) is 4.85. The highest BCUT2D eigenvalue weighted by atomic mass is 35.5. The lowest BCUT2D eigenvalue weighted by Gasteiger charge is -2.17. The number of aromatic amines is 1. The minimum Gasteiger partial charge on any atom is -0.493 e. The van der Waals surface area contributed by atoms with Gasteiger partial charge in [0.25, 0.3) is 5.56 Å². The van der Waals surface area contributed by atoms with Crippen molar-refractivity contribution in [1.29, 1.82) is 0 Å². The molecule has 2 rings (SSSR count). The Balaban J connectivity index is 2.64. The summed E-state index contributed by atoms with van der Waals surface area (Å²) in [6.07, 6.45) is 0. The molecule has 1 aromatic heterocycles. The molecule has 4 N–H and O–H groups in total. The molecular weight excluding hydrogens is 266 g/mol. The number of nitrogens with one attached hydrogen (secondary N) is 1. The van der Waals surface area contributed by atoms with E-state index in [1.54, 1.807) is 38.1 Å². The van der Waals surface area contributed by atoms with Crippen LogP contribution in [0.5, 0.6) is 5.88 Å². The van der Waals surface area contributed by atoms with Gasteiger partial charge in [-0.25, -0.2) is 0 Å². The lowest BCUT2D eigenvalue weighted by molar-refractivity contribution is 0.432. The number of nitrogens with two attached hydrogens (primary N) is 1. The summed E-state index contributed by atoms with van der Waals surface area (Å²) in [7, 11) is 0. The van der Waals surface area contributed by atoms with Crippen molar-refractivity contribution in [1.82, 2.24) is 9.97 Å². The Bertz CT molecular complexity index is 674. The van der Waals surface area contributed by atoms with E-state index < -0.39 is 11.1 Å². The van der Waals surface area contributed by atoms with Gasteiger partial charge >= 0.3 is 0 Å². The van der Waals surface area contributed by atoms with Gasteiger partial charge < -0.3 is 15.8 Å². The lowest BCUT2D eigenvalue weighted by Crippen LogP contribution is -2.33. The third kappa shape index (κ3) is 2.77. The number of halogens is 1. The first-order valence-electron chi connectivity index (χ1n) is 5.67. The third-order valence-corrected chi connectivity index (χ3v) is 2.86. The Kier molecular flexibility index (Phi) is 3.34. The van der Waals surface area contributed by atoms with Gasteiger partial charge in [0.15, 0.2) is 0 Å². The van der Waals surface area contributed by atoms with E-state index in [0.29, 0.717) is 10.6 Å². The molecule has 0 atom stereocenters. The first-order chi connectivity index (χ1) is 8.79. The highest BCUT2D eigenvalue weighted by Gasteiger charge is 2.21. The van der Waals surface area contributed by atoms with E-state index in [0.717, 1.165) is 0 Å². The molecular formula is C13H14ClN3O2. The number of H-pyrrole nitrogens is 1. The van der Waals surface area contributed by atoms with Crippen LogP contribution in [0.25, 0.3) is 11.1 Å². The van der Waals surface area contributed by atoms with Crippen molar-refractivity contribution in [3.05, 3.63) is 45.5 Å². The molecule has 0 bridgehead atoms. The molecule has 19 heavy (non-hydrogen) atoms. The minimum absolute atomic E-state index is 0.0792. The van der Waals surface area contributed by atoms with Crippen LogP contribution in [0.2, 0.25) is 5.02 Å². The molecule has 100 valence electrons. The molecule has 0 aliphatic rings. The zero-order valence-corrected chi connectivity index (χ0v) is 11.3. The van der Waals surface area contributed by atoms with Crippen molar-refractivity contribution >= 4 is 11.6 Å².